The van der Waals surface area contributed by atoms with E-state index in [1.165, 1.54) is 5.56 Å². The molecule has 1 heterocycles. The standard InChI is InChI=1S/C14H21ClN2O/c1-12(13-2-4-14(15)5-3-13)16-6-7-17-8-10-18-11-9-17/h2-5,12,16H,6-11H2,1H3/t12-/m1/s1. The van der Waals surface area contributed by atoms with E-state index in [0.717, 1.165) is 44.4 Å². The Morgan fingerprint density at radius 3 is 2.61 bits per heavy atom. The maximum atomic E-state index is 5.88. The largest absolute Gasteiger partial charge is 0.379 e. The smallest absolute Gasteiger partial charge is 0.0594 e. The van der Waals surface area contributed by atoms with Crippen molar-refractivity contribution in [1.82, 2.24) is 10.2 Å². The van der Waals surface area contributed by atoms with Crippen LogP contribution in [0, 0.1) is 0 Å². The van der Waals surface area contributed by atoms with Gasteiger partial charge in [-0.2, -0.15) is 0 Å². The zero-order valence-corrected chi connectivity index (χ0v) is 11.6. The van der Waals surface area contributed by atoms with E-state index in [1.54, 1.807) is 0 Å². The Labute approximate surface area is 114 Å². The SMILES string of the molecule is C[C@@H](NCCN1CCOCC1)c1ccc(Cl)cc1. The van der Waals surface area contributed by atoms with Crippen molar-refractivity contribution in [3.63, 3.8) is 0 Å². The van der Waals surface area contributed by atoms with Gasteiger partial charge in [-0.15, -0.1) is 0 Å². The highest BCUT2D eigenvalue weighted by Crippen LogP contribution is 2.15. The van der Waals surface area contributed by atoms with E-state index in [4.69, 9.17) is 16.3 Å². The van der Waals surface area contributed by atoms with Crippen LogP contribution < -0.4 is 5.32 Å². The van der Waals surface area contributed by atoms with Crippen molar-refractivity contribution in [3.8, 4) is 0 Å². The number of morpholine rings is 1. The molecule has 0 radical (unpaired) electrons. The molecular weight excluding hydrogens is 248 g/mol. The van der Waals surface area contributed by atoms with E-state index >= 15 is 0 Å². The minimum Gasteiger partial charge on any atom is -0.379 e. The molecule has 1 aromatic rings. The quantitative estimate of drug-likeness (QED) is 0.887. The van der Waals surface area contributed by atoms with Crippen LogP contribution >= 0.6 is 11.6 Å². The molecule has 18 heavy (non-hydrogen) atoms. The van der Waals surface area contributed by atoms with Gasteiger partial charge in [0.15, 0.2) is 0 Å². The lowest BCUT2D eigenvalue weighted by Gasteiger charge is -2.27. The molecule has 0 bridgehead atoms. The number of hydrogen-bond donors (Lipinski definition) is 1. The third-order valence-corrected chi connectivity index (χ3v) is 3.60. The van der Waals surface area contributed by atoms with Gasteiger partial charge in [-0.1, -0.05) is 23.7 Å². The minimum absolute atomic E-state index is 0.364. The Balaban J connectivity index is 1.70. The molecule has 0 aliphatic carbocycles. The van der Waals surface area contributed by atoms with Crippen LogP contribution in [0.4, 0.5) is 0 Å². The molecule has 0 unspecified atom stereocenters. The Kier molecular flexibility index (Phi) is 5.45. The predicted octanol–water partition coefficient (Wildman–Crippen LogP) is 2.32. The van der Waals surface area contributed by atoms with E-state index in [-0.39, 0.29) is 0 Å². The molecule has 100 valence electrons. The molecule has 4 heteroatoms. The Bertz CT molecular complexity index is 349. The molecule has 2 rings (SSSR count). The van der Waals surface area contributed by atoms with Gasteiger partial charge >= 0.3 is 0 Å². The first-order chi connectivity index (χ1) is 8.75. The van der Waals surface area contributed by atoms with Crippen molar-refractivity contribution in [2.24, 2.45) is 0 Å². The molecular formula is C14H21ClN2O. The first-order valence-corrected chi connectivity index (χ1v) is 6.92. The summed E-state index contributed by atoms with van der Waals surface area (Å²) in [6.45, 7) is 8.11. The Hall–Kier alpha value is -0.610. The van der Waals surface area contributed by atoms with Gasteiger partial charge in [0.1, 0.15) is 0 Å². The average molecular weight is 269 g/mol. The monoisotopic (exact) mass is 268 g/mol. The van der Waals surface area contributed by atoms with Gasteiger partial charge in [-0.05, 0) is 24.6 Å². The van der Waals surface area contributed by atoms with Gasteiger partial charge in [-0.25, -0.2) is 0 Å². The fraction of sp³-hybridized carbons (Fsp3) is 0.571. The van der Waals surface area contributed by atoms with Crippen LogP contribution in [-0.2, 0) is 4.74 Å². The maximum Gasteiger partial charge on any atom is 0.0594 e. The Morgan fingerprint density at radius 1 is 1.28 bits per heavy atom. The summed E-state index contributed by atoms with van der Waals surface area (Å²) in [5.74, 6) is 0. The van der Waals surface area contributed by atoms with Gasteiger partial charge in [-0.3, -0.25) is 4.90 Å². The second-order valence-electron chi connectivity index (χ2n) is 4.68. The van der Waals surface area contributed by atoms with Gasteiger partial charge in [0, 0.05) is 37.2 Å². The molecule has 1 saturated heterocycles. The number of nitrogens with one attached hydrogen (secondary N) is 1. The van der Waals surface area contributed by atoms with Gasteiger partial charge < -0.3 is 10.1 Å². The van der Waals surface area contributed by atoms with Crippen molar-refractivity contribution < 1.29 is 4.74 Å². The minimum atomic E-state index is 0.364. The maximum absolute atomic E-state index is 5.88. The molecule has 0 amide bonds. The van der Waals surface area contributed by atoms with Crippen LogP contribution in [0.5, 0.6) is 0 Å². The number of nitrogens with zero attached hydrogens (tertiary/aromatic N) is 1. The molecule has 0 saturated carbocycles. The third kappa shape index (κ3) is 4.25. The highest BCUT2D eigenvalue weighted by atomic mass is 35.5. The number of rotatable bonds is 5. The van der Waals surface area contributed by atoms with E-state index in [0.29, 0.717) is 6.04 Å². The van der Waals surface area contributed by atoms with Crippen molar-refractivity contribution in [2.75, 3.05) is 39.4 Å². The van der Waals surface area contributed by atoms with Crippen LogP contribution in [0.1, 0.15) is 18.5 Å². The van der Waals surface area contributed by atoms with Gasteiger partial charge in [0.25, 0.3) is 0 Å². The van der Waals surface area contributed by atoms with Crippen LogP contribution in [-0.4, -0.2) is 44.3 Å². The average Bonchev–Trinajstić information content (AvgIpc) is 2.40. The highest BCUT2D eigenvalue weighted by Gasteiger charge is 2.10. The summed E-state index contributed by atoms with van der Waals surface area (Å²) in [6.07, 6.45) is 0. The molecule has 1 fully saturated rings. The first kappa shape index (κ1) is 13.8. The summed E-state index contributed by atoms with van der Waals surface area (Å²) in [7, 11) is 0. The lowest BCUT2D eigenvalue weighted by Crippen LogP contribution is -2.40. The summed E-state index contributed by atoms with van der Waals surface area (Å²) in [5, 5.41) is 4.33. The zero-order chi connectivity index (χ0) is 12.8. The van der Waals surface area contributed by atoms with E-state index in [2.05, 4.69) is 29.3 Å². The van der Waals surface area contributed by atoms with Crippen molar-refractivity contribution in [2.45, 2.75) is 13.0 Å². The molecule has 1 aliphatic rings. The molecule has 1 atom stereocenters. The number of benzene rings is 1. The number of ether oxygens (including phenoxy) is 1. The van der Waals surface area contributed by atoms with E-state index < -0.39 is 0 Å². The second kappa shape index (κ2) is 7.10. The topological polar surface area (TPSA) is 24.5 Å². The summed E-state index contributed by atoms with van der Waals surface area (Å²) in [6, 6.07) is 8.40. The van der Waals surface area contributed by atoms with Crippen molar-refractivity contribution in [3.05, 3.63) is 34.9 Å². The second-order valence-corrected chi connectivity index (χ2v) is 5.12. The first-order valence-electron chi connectivity index (χ1n) is 6.54. The normalized spacial score (nSPS) is 18.8. The highest BCUT2D eigenvalue weighted by molar-refractivity contribution is 6.30. The van der Waals surface area contributed by atoms with Crippen LogP contribution in [0.3, 0.4) is 0 Å². The summed E-state index contributed by atoms with van der Waals surface area (Å²) >= 11 is 5.88. The molecule has 0 spiro atoms. The van der Waals surface area contributed by atoms with Crippen molar-refractivity contribution >= 4 is 11.6 Å². The number of halogens is 1. The molecule has 1 aromatic carbocycles. The lowest BCUT2D eigenvalue weighted by molar-refractivity contribution is 0.0382. The van der Waals surface area contributed by atoms with E-state index in [1.807, 2.05) is 12.1 Å². The molecule has 1 N–H and O–H groups in total. The van der Waals surface area contributed by atoms with Crippen LogP contribution in [0.15, 0.2) is 24.3 Å². The summed E-state index contributed by atoms with van der Waals surface area (Å²) in [4.78, 5) is 2.44. The zero-order valence-electron chi connectivity index (χ0n) is 10.9. The fourth-order valence-electron chi connectivity index (χ4n) is 2.13. The predicted molar refractivity (Wildman–Crippen MR) is 75.1 cm³/mol. The summed E-state index contributed by atoms with van der Waals surface area (Å²) in [5.41, 5.74) is 1.28. The van der Waals surface area contributed by atoms with Crippen LogP contribution in [0.2, 0.25) is 5.02 Å². The molecule has 1 aliphatic heterocycles. The third-order valence-electron chi connectivity index (χ3n) is 3.35. The van der Waals surface area contributed by atoms with Gasteiger partial charge in [0.05, 0.1) is 13.2 Å². The Morgan fingerprint density at radius 2 is 1.94 bits per heavy atom. The van der Waals surface area contributed by atoms with Crippen LogP contribution in [0.25, 0.3) is 0 Å². The van der Waals surface area contributed by atoms with Gasteiger partial charge in [0.2, 0.25) is 0 Å². The fourth-order valence-corrected chi connectivity index (χ4v) is 2.26. The van der Waals surface area contributed by atoms with E-state index in [9.17, 15) is 0 Å². The molecule has 0 aromatic heterocycles. The molecule has 3 nitrogen and oxygen atoms in total. The number of hydrogen-bond acceptors (Lipinski definition) is 3. The van der Waals surface area contributed by atoms with Crippen molar-refractivity contribution in [1.29, 1.82) is 0 Å². The summed E-state index contributed by atoms with van der Waals surface area (Å²) < 4.78 is 5.33. The lowest BCUT2D eigenvalue weighted by atomic mass is 10.1.